The molecular formula is C18H24N2. The Hall–Kier alpha value is -1.70. The topological polar surface area (TPSA) is 6.48 Å². The van der Waals surface area contributed by atoms with Gasteiger partial charge in [-0.1, -0.05) is 18.2 Å². The molecule has 0 saturated heterocycles. The molecule has 20 heavy (non-hydrogen) atoms. The summed E-state index contributed by atoms with van der Waals surface area (Å²) in [5.74, 6) is 0. The Balaban J connectivity index is 2.23. The van der Waals surface area contributed by atoms with E-state index in [9.17, 15) is 0 Å². The molecule has 0 unspecified atom stereocenters. The SMILES string of the molecule is CC(C)N1C2=C(CCC=C2)N(C(C)C)c2ccccc21. The van der Waals surface area contributed by atoms with E-state index in [0.717, 1.165) is 12.8 Å². The van der Waals surface area contributed by atoms with Crippen molar-refractivity contribution in [3.05, 3.63) is 47.8 Å². The van der Waals surface area contributed by atoms with E-state index in [0.29, 0.717) is 12.1 Å². The van der Waals surface area contributed by atoms with Gasteiger partial charge in [0.25, 0.3) is 0 Å². The van der Waals surface area contributed by atoms with Crippen LogP contribution < -0.4 is 9.80 Å². The van der Waals surface area contributed by atoms with Crippen LogP contribution >= 0.6 is 0 Å². The first-order valence-corrected chi connectivity index (χ1v) is 7.68. The van der Waals surface area contributed by atoms with Crippen LogP contribution in [0.1, 0.15) is 40.5 Å². The van der Waals surface area contributed by atoms with E-state index in [-0.39, 0.29) is 0 Å². The average molecular weight is 268 g/mol. The third kappa shape index (κ3) is 1.94. The van der Waals surface area contributed by atoms with E-state index in [1.54, 1.807) is 0 Å². The highest BCUT2D eigenvalue weighted by molar-refractivity contribution is 5.81. The van der Waals surface area contributed by atoms with Crippen LogP contribution in [0.4, 0.5) is 11.4 Å². The lowest BCUT2D eigenvalue weighted by Crippen LogP contribution is -2.42. The summed E-state index contributed by atoms with van der Waals surface area (Å²) in [6.07, 6.45) is 6.91. The van der Waals surface area contributed by atoms with Gasteiger partial charge in [-0.15, -0.1) is 0 Å². The van der Waals surface area contributed by atoms with E-state index < -0.39 is 0 Å². The summed E-state index contributed by atoms with van der Waals surface area (Å²) >= 11 is 0. The number of hydrogen-bond acceptors (Lipinski definition) is 2. The molecule has 0 saturated carbocycles. The molecule has 106 valence electrons. The normalized spacial score (nSPS) is 17.9. The van der Waals surface area contributed by atoms with Crippen LogP contribution in [0.15, 0.2) is 47.8 Å². The molecule has 0 amide bonds. The van der Waals surface area contributed by atoms with E-state index in [4.69, 9.17) is 0 Å². The molecule has 3 rings (SSSR count). The zero-order chi connectivity index (χ0) is 14.3. The number of rotatable bonds is 2. The van der Waals surface area contributed by atoms with Gasteiger partial charge in [0, 0.05) is 17.8 Å². The monoisotopic (exact) mass is 268 g/mol. The summed E-state index contributed by atoms with van der Waals surface area (Å²) in [4.78, 5) is 5.01. The minimum absolute atomic E-state index is 0.471. The van der Waals surface area contributed by atoms with Crippen LogP contribution in [0.2, 0.25) is 0 Å². The molecule has 1 aliphatic heterocycles. The molecule has 0 N–H and O–H groups in total. The summed E-state index contributed by atoms with van der Waals surface area (Å²) < 4.78 is 0. The lowest BCUT2D eigenvalue weighted by molar-refractivity contribution is 0.665. The molecule has 0 fully saturated rings. The Kier molecular flexibility index (Phi) is 3.33. The Morgan fingerprint density at radius 3 is 2.10 bits per heavy atom. The Bertz CT molecular complexity index is 567. The first kappa shape index (κ1) is 13.3. The highest BCUT2D eigenvalue weighted by Gasteiger charge is 2.32. The maximum absolute atomic E-state index is 2.52. The van der Waals surface area contributed by atoms with E-state index in [2.05, 4.69) is 73.9 Å². The van der Waals surface area contributed by atoms with Gasteiger partial charge < -0.3 is 9.80 Å². The smallest absolute Gasteiger partial charge is 0.0655 e. The van der Waals surface area contributed by atoms with Crippen molar-refractivity contribution in [1.82, 2.24) is 0 Å². The predicted octanol–water partition coefficient (Wildman–Crippen LogP) is 4.69. The van der Waals surface area contributed by atoms with Crippen molar-refractivity contribution in [3.8, 4) is 0 Å². The summed E-state index contributed by atoms with van der Waals surface area (Å²) in [5.41, 5.74) is 5.56. The lowest BCUT2D eigenvalue weighted by atomic mass is 9.98. The molecule has 0 aromatic heterocycles. The molecule has 2 heteroatoms. The standard InChI is InChI=1S/C18H24N2/c1-13(2)19-15-9-5-7-11-17(15)20(14(3)4)18-12-8-6-10-16(18)19/h5-7,9-11,13-14H,8,12H2,1-4H3. The highest BCUT2D eigenvalue weighted by atomic mass is 15.3. The van der Waals surface area contributed by atoms with Crippen molar-refractivity contribution in [2.45, 2.75) is 52.6 Å². The molecule has 2 nitrogen and oxygen atoms in total. The number of para-hydroxylation sites is 2. The van der Waals surface area contributed by atoms with Gasteiger partial charge in [0.05, 0.1) is 17.1 Å². The zero-order valence-electron chi connectivity index (χ0n) is 12.9. The fourth-order valence-corrected chi connectivity index (χ4v) is 3.40. The number of hydrogen-bond donors (Lipinski definition) is 0. The predicted molar refractivity (Wildman–Crippen MR) is 87.1 cm³/mol. The van der Waals surface area contributed by atoms with Crippen molar-refractivity contribution in [2.75, 3.05) is 9.80 Å². The number of fused-ring (bicyclic) bond motifs is 1. The Morgan fingerprint density at radius 2 is 1.50 bits per heavy atom. The van der Waals surface area contributed by atoms with Crippen LogP contribution in [-0.2, 0) is 0 Å². The lowest BCUT2D eigenvalue weighted by Gasteiger charge is -2.45. The average Bonchev–Trinajstić information content (AvgIpc) is 2.43. The molecule has 0 bridgehead atoms. The van der Waals surface area contributed by atoms with Crippen molar-refractivity contribution in [2.24, 2.45) is 0 Å². The van der Waals surface area contributed by atoms with Gasteiger partial charge in [-0.2, -0.15) is 0 Å². The van der Waals surface area contributed by atoms with E-state index in [1.165, 1.54) is 22.8 Å². The van der Waals surface area contributed by atoms with Gasteiger partial charge in [-0.05, 0) is 58.7 Å². The quantitative estimate of drug-likeness (QED) is 0.767. The van der Waals surface area contributed by atoms with Gasteiger partial charge in [-0.25, -0.2) is 0 Å². The highest BCUT2D eigenvalue weighted by Crippen LogP contribution is 2.44. The fraction of sp³-hybridized carbons (Fsp3) is 0.444. The van der Waals surface area contributed by atoms with E-state index in [1.807, 2.05) is 0 Å². The van der Waals surface area contributed by atoms with Crippen molar-refractivity contribution < 1.29 is 0 Å². The number of allylic oxidation sites excluding steroid dienone is 3. The fourth-order valence-electron chi connectivity index (χ4n) is 3.40. The third-order valence-electron chi connectivity index (χ3n) is 4.10. The second-order valence-corrected chi connectivity index (χ2v) is 6.19. The van der Waals surface area contributed by atoms with Gasteiger partial charge in [0.1, 0.15) is 0 Å². The molecule has 1 aromatic rings. The van der Waals surface area contributed by atoms with Crippen molar-refractivity contribution in [1.29, 1.82) is 0 Å². The Labute approximate surface area is 122 Å². The van der Waals surface area contributed by atoms with Crippen LogP contribution in [0, 0.1) is 0 Å². The van der Waals surface area contributed by atoms with Gasteiger partial charge >= 0.3 is 0 Å². The summed E-state index contributed by atoms with van der Waals surface area (Å²) in [6.45, 7) is 9.11. The summed E-state index contributed by atoms with van der Waals surface area (Å²) in [5, 5.41) is 0. The minimum Gasteiger partial charge on any atom is -0.339 e. The first-order chi connectivity index (χ1) is 9.61. The largest absolute Gasteiger partial charge is 0.339 e. The van der Waals surface area contributed by atoms with Gasteiger partial charge in [-0.3, -0.25) is 0 Å². The van der Waals surface area contributed by atoms with Gasteiger partial charge in [0.15, 0.2) is 0 Å². The molecule has 1 heterocycles. The second-order valence-electron chi connectivity index (χ2n) is 6.19. The molecule has 2 aliphatic rings. The van der Waals surface area contributed by atoms with Crippen molar-refractivity contribution >= 4 is 11.4 Å². The van der Waals surface area contributed by atoms with Crippen LogP contribution in [0.25, 0.3) is 0 Å². The number of benzene rings is 1. The van der Waals surface area contributed by atoms with Crippen LogP contribution in [0.3, 0.4) is 0 Å². The summed E-state index contributed by atoms with van der Waals surface area (Å²) in [6, 6.07) is 9.76. The van der Waals surface area contributed by atoms with Crippen LogP contribution in [0.5, 0.6) is 0 Å². The Morgan fingerprint density at radius 1 is 0.900 bits per heavy atom. The van der Waals surface area contributed by atoms with Gasteiger partial charge in [0.2, 0.25) is 0 Å². The molecular weight excluding hydrogens is 244 g/mol. The number of anilines is 2. The summed E-state index contributed by atoms with van der Waals surface area (Å²) in [7, 11) is 0. The zero-order valence-corrected chi connectivity index (χ0v) is 12.9. The third-order valence-corrected chi connectivity index (χ3v) is 4.10. The van der Waals surface area contributed by atoms with E-state index >= 15 is 0 Å². The second kappa shape index (κ2) is 5.01. The molecule has 1 aromatic carbocycles. The first-order valence-electron chi connectivity index (χ1n) is 7.68. The molecule has 0 atom stereocenters. The van der Waals surface area contributed by atoms with Crippen LogP contribution in [-0.4, -0.2) is 12.1 Å². The molecule has 1 aliphatic carbocycles. The maximum atomic E-state index is 2.52. The molecule has 0 spiro atoms. The number of nitrogens with zero attached hydrogens (tertiary/aromatic N) is 2. The minimum atomic E-state index is 0.471. The van der Waals surface area contributed by atoms with Crippen molar-refractivity contribution in [3.63, 3.8) is 0 Å². The molecule has 0 radical (unpaired) electrons. The maximum Gasteiger partial charge on any atom is 0.0655 e.